The van der Waals surface area contributed by atoms with Crippen LogP contribution in [-0.2, 0) is 14.6 Å². The van der Waals surface area contributed by atoms with Gasteiger partial charge in [0.2, 0.25) is 5.91 Å². The van der Waals surface area contributed by atoms with Crippen molar-refractivity contribution in [2.24, 2.45) is 0 Å². The molecule has 0 aliphatic carbocycles. The number of phenolic OH excluding ortho intramolecular Hbond substituents is 1. The summed E-state index contributed by atoms with van der Waals surface area (Å²) in [6.07, 6.45) is 0.976. The Labute approximate surface area is 121 Å². The van der Waals surface area contributed by atoms with Gasteiger partial charge in [-0.1, -0.05) is 23.2 Å². The SMILES string of the molecule is CC(C)(C(=O)Nc1cc(Cl)c(O)c(Cl)c1)S(C)(=O)=O. The normalized spacial score (nSPS) is 12.3. The Morgan fingerprint density at radius 3 is 2.05 bits per heavy atom. The van der Waals surface area contributed by atoms with Crippen molar-refractivity contribution >= 4 is 44.6 Å². The number of halogens is 2. The Morgan fingerprint density at radius 1 is 1.26 bits per heavy atom. The van der Waals surface area contributed by atoms with E-state index in [9.17, 15) is 18.3 Å². The van der Waals surface area contributed by atoms with E-state index in [0.717, 1.165) is 6.26 Å². The number of nitrogens with one attached hydrogen (secondary N) is 1. The molecule has 2 N–H and O–H groups in total. The molecule has 0 aliphatic heterocycles. The van der Waals surface area contributed by atoms with E-state index in [-0.39, 0.29) is 21.5 Å². The Morgan fingerprint density at radius 2 is 1.68 bits per heavy atom. The summed E-state index contributed by atoms with van der Waals surface area (Å²) in [5, 5.41) is 11.7. The van der Waals surface area contributed by atoms with E-state index in [4.69, 9.17) is 23.2 Å². The molecule has 0 unspecified atom stereocenters. The van der Waals surface area contributed by atoms with Gasteiger partial charge >= 0.3 is 0 Å². The fourth-order valence-electron chi connectivity index (χ4n) is 1.09. The molecule has 1 amide bonds. The molecule has 1 aromatic carbocycles. The summed E-state index contributed by atoms with van der Waals surface area (Å²) in [5.74, 6) is -1.02. The molecule has 0 spiro atoms. The Bertz CT molecular complexity index is 603. The molecule has 0 atom stereocenters. The van der Waals surface area contributed by atoms with Crippen LogP contribution in [0.3, 0.4) is 0 Å². The molecule has 0 fully saturated rings. The fraction of sp³-hybridized carbons (Fsp3) is 0.364. The van der Waals surface area contributed by atoms with Gasteiger partial charge in [-0.2, -0.15) is 0 Å². The van der Waals surface area contributed by atoms with Gasteiger partial charge in [0.25, 0.3) is 0 Å². The second-order valence-electron chi connectivity index (χ2n) is 4.53. The van der Waals surface area contributed by atoms with E-state index in [2.05, 4.69) is 5.32 Å². The van der Waals surface area contributed by atoms with Crippen molar-refractivity contribution < 1.29 is 18.3 Å². The monoisotopic (exact) mass is 325 g/mol. The van der Waals surface area contributed by atoms with Gasteiger partial charge in [-0.05, 0) is 26.0 Å². The van der Waals surface area contributed by atoms with Gasteiger partial charge in [-0.3, -0.25) is 4.79 Å². The maximum absolute atomic E-state index is 11.9. The molecule has 0 heterocycles. The van der Waals surface area contributed by atoms with Crippen molar-refractivity contribution in [3.63, 3.8) is 0 Å². The zero-order chi connectivity index (χ0) is 15.0. The first-order chi connectivity index (χ1) is 8.46. The lowest BCUT2D eigenvalue weighted by molar-refractivity contribution is -0.117. The summed E-state index contributed by atoms with van der Waals surface area (Å²) in [4.78, 5) is 11.9. The number of carbonyl (C=O) groups excluding carboxylic acids is 1. The van der Waals surface area contributed by atoms with E-state index in [1.54, 1.807) is 0 Å². The van der Waals surface area contributed by atoms with Crippen molar-refractivity contribution in [1.29, 1.82) is 0 Å². The van der Waals surface area contributed by atoms with Crippen LogP contribution in [0.2, 0.25) is 10.0 Å². The number of sulfone groups is 1. The molecule has 0 saturated heterocycles. The number of hydrogen-bond donors (Lipinski definition) is 2. The van der Waals surface area contributed by atoms with Crippen molar-refractivity contribution in [1.82, 2.24) is 0 Å². The second-order valence-corrected chi connectivity index (χ2v) is 7.90. The number of rotatable bonds is 3. The van der Waals surface area contributed by atoms with Gasteiger partial charge in [0.1, 0.15) is 4.75 Å². The van der Waals surface area contributed by atoms with Crippen LogP contribution in [0.5, 0.6) is 5.75 Å². The zero-order valence-electron chi connectivity index (χ0n) is 10.5. The maximum atomic E-state index is 11.9. The lowest BCUT2D eigenvalue weighted by Gasteiger charge is -2.21. The third kappa shape index (κ3) is 3.32. The summed E-state index contributed by atoms with van der Waals surface area (Å²) in [5.41, 5.74) is 0.203. The minimum Gasteiger partial charge on any atom is -0.505 e. The average molecular weight is 326 g/mol. The molecule has 19 heavy (non-hydrogen) atoms. The van der Waals surface area contributed by atoms with Gasteiger partial charge in [-0.25, -0.2) is 8.42 Å². The number of amides is 1. The number of phenols is 1. The summed E-state index contributed by atoms with van der Waals surface area (Å²) in [6, 6.07) is 2.55. The van der Waals surface area contributed by atoms with Crippen LogP contribution in [0, 0.1) is 0 Å². The smallest absolute Gasteiger partial charge is 0.245 e. The predicted molar refractivity (Wildman–Crippen MR) is 75.7 cm³/mol. The van der Waals surface area contributed by atoms with Crippen molar-refractivity contribution in [3.05, 3.63) is 22.2 Å². The van der Waals surface area contributed by atoms with Gasteiger partial charge < -0.3 is 10.4 Å². The van der Waals surface area contributed by atoms with Crippen LogP contribution in [0.25, 0.3) is 0 Å². The van der Waals surface area contributed by atoms with Crippen LogP contribution in [0.4, 0.5) is 5.69 Å². The summed E-state index contributed by atoms with van der Waals surface area (Å²) < 4.78 is 21.4. The van der Waals surface area contributed by atoms with Crippen LogP contribution in [-0.4, -0.2) is 30.4 Å². The van der Waals surface area contributed by atoms with E-state index < -0.39 is 20.5 Å². The highest BCUT2D eigenvalue weighted by atomic mass is 35.5. The zero-order valence-corrected chi connectivity index (χ0v) is 12.8. The summed E-state index contributed by atoms with van der Waals surface area (Å²) in [6.45, 7) is 2.59. The molecule has 0 aliphatic rings. The maximum Gasteiger partial charge on any atom is 0.245 e. The van der Waals surface area contributed by atoms with Crippen LogP contribution in [0.15, 0.2) is 12.1 Å². The molecule has 5 nitrogen and oxygen atoms in total. The van der Waals surface area contributed by atoms with Crippen LogP contribution < -0.4 is 5.32 Å². The molecule has 1 aromatic rings. The largest absolute Gasteiger partial charge is 0.505 e. The van der Waals surface area contributed by atoms with E-state index in [1.165, 1.54) is 26.0 Å². The summed E-state index contributed by atoms with van der Waals surface area (Å²) >= 11 is 11.4. The first-order valence-electron chi connectivity index (χ1n) is 5.16. The minimum absolute atomic E-state index is 0.0417. The highest BCUT2D eigenvalue weighted by Crippen LogP contribution is 2.35. The quantitative estimate of drug-likeness (QED) is 0.836. The standard InChI is InChI=1S/C11H13Cl2NO4S/c1-11(2,19(3,17)18)10(16)14-6-4-7(12)9(15)8(13)5-6/h4-5,15H,1-3H3,(H,14,16). The van der Waals surface area contributed by atoms with Gasteiger partial charge in [0.05, 0.1) is 10.0 Å². The molecular weight excluding hydrogens is 313 g/mol. The Kier molecular flexibility index (Phi) is 4.39. The van der Waals surface area contributed by atoms with E-state index >= 15 is 0 Å². The van der Waals surface area contributed by atoms with Crippen LogP contribution >= 0.6 is 23.2 Å². The summed E-state index contributed by atoms with van der Waals surface area (Å²) in [7, 11) is -3.58. The molecule has 0 aromatic heterocycles. The molecule has 8 heteroatoms. The Balaban J connectivity index is 3.08. The number of anilines is 1. The fourth-order valence-corrected chi connectivity index (χ4v) is 1.96. The third-order valence-corrected chi connectivity index (χ3v) is 5.36. The average Bonchev–Trinajstić information content (AvgIpc) is 2.24. The highest BCUT2D eigenvalue weighted by Gasteiger charge is 2.38. The number of aromatic hydroxyl groups is 1. The minimum atomic E-state index is -3.58. The van der Waals surface area contributed by atoms with Crippen molar-refractivity contribution in [2.75, 3.05) is 11.6 Å². The molecule has 106 valence electrons. The second kappa shape index (κ2) is 5.19. The molecular formula is C11H13Cl2NO4S. The third-order valence-electron chi connectivity index (χ3n) is 2.75. The molecule has 0 saturated carbocycles. The Hall–Kier alpha value is -0.980. The highest BCUT2D eigenvalue weighted by molar-refractivity contribution is 7.92. The van der Waals surface area contributed by atoms with Crippen LogP contribution in [0.1, 0.15) is 13.8 Å². The predicted octanol–water partition coefficient (Wildman–Crippen LogP) is 2.46. The molecule has 0 radical (unpaired) electrons. The lowest BCUT2D eigenvalue weighted by Crippen LogP contribution is -2.43. The number of carbonyl (C=O) groups is 1. The van der Waals surface area contributed by atoms with E-state index in [0.29, 0.717) is 0 Å². The first kappa shape index (κ1) is 16.1. The van der Waals surface area contributed by atoms with Gasteiger partial charge in [0, 0.05) is 11.9 Å². The number of hydrogen-bond acceptors (Lipinski definition) is 4. The van der Waals surface area contributed by atoms with Gasteiger partial charge in [-0.15, -0.1) is 0 Å². The topological polar surface area (TPSA) is 83.5 Å². The van der Waals surface area contributed by atoms with Crippen molar-refractivity contribution in [3.8, 4) is 5.75 Å². The van der Waals surface area contributed by atoms with Gasteiger partial charge in [0.15, 0.2) is 15.6 Å². The first-order valence-corrected chi connectivity index (χ1v) is 7.80. The van der Waals surface area contributed by atoms with Crippen molar-refractivity contribution in [2.45, 2.75) is 18.6 Å². The van der Waals surface area contributed by atoms with E-state index in [1.807, 2.05) is 0 Å². The molecule has 1 rings (SSSR count). The molecule has 0 bridgehead atoms. The number of benzene rings is 1. The lowest BCUT2D eigenvalue weighted by atomic mass is 10.2.